The highest BCUT2D eigenvalue weighted by Gasteiger charge is 2.33. The quantitative estimate of drug-likeness (QED) is 0.767. The summed E-state index contributed by atoms with van der Waals surface area (Å²) < 4.78 is 0. The van der Waals surface area contributed by atoms with Crippen molar-refractivity contribution in [2.45, 2.75) is 39.5 Å². The van der Waals surface area contributed by atoms with E-state index in [4.69, 9.17) is 0 Å². The molecule has 0 radical (unpaired) electrons. The van der Waals surface area contributed by atoms with E-state index < -0.39 is 0 Å². The fourth-order valence-electron chi connectivity index (χ4n) is 2.89. The molecular weight excluding hydrogens is 208 g/mol. The predicted octanol–water partition coefficient (Wildman–Crippen LogP) is 3.87. The molecule has 1 saturated carbocycles. The maximum absolute atomic E-state index is 11.8. The van der Waals surface area contributed by atoms with Crippen molar-refractivity contribution in [3.05, 3.63) is 35.9 Å². The van der Waals surface area contributed by atoms with Crippen LogP contribution < -0.4 is 0 Å². The van der Waals surface area contributed by atoms with Gasteiger partial charge in [0.15, 0.2) is 0 Å². The van der Waals surface area contributed by atoms with Crippen LogP contribution in [-0.4, -0.2) is 5.78 Å². The maximum Gasteiger partial charge on any atom is 0.136 e. The van der Waals surface area contributed by atoms with Crippen molar-refractivity contribution in [1.82, 2.24) is 0 Å². The Labute approximate surface area is 104 Å². The molecule has 0 spiro atoms. The molecule has 0 amide bonds. The van der Waals surface area contributed by atoms with Crippen molar-refractivity contribution in [3.63, 3.8) is 0 Å². The third-order valence-corrected chi connectivity index (χ3v) is 3.98. The third kappa shape index (κ3) is 3.18. The van der Waals surface area contributed by atoms with E-state index in [0.717, 1.165) is 19.3 Å². The lowest BCUT2D eigenvalue weighted by molar-refractivity contribution is -0.121. The average molecular weight is 230 g/mol. The van der Waals surface area contributed by atoms with E-state index in [-0.39, 0.29) is 0 Å². The van der Waals surface area contributed by atoms with Gasteiger partial charge in [-0.3, -0.25) is 4.79 Å². The molecule has 2 atom stereocenters. The third-order valence-electron chi connectivity index (χ3n) is 3.98. The van der Waals surface area contributed by atoms with Gasteiger partial charge in [-0.25, -0.2) is 0 Å². The minimum atomic E-state index is 0.329. The van der Waals surface area contributed by atoms with Crippen molar-refractivity contribution < 1.29 is 4.79 Å². The highest BCUT2D eigenvalue weighted by atomic mass is 16.1. The van der Waals surface area contributed by atoms with Crippen LogP contribution in [0, 0.1) is 17.8 Å². The van der Waals surface area contributed by atoms with Crippen LogP contribution in [0.4, 0.5) is 0 Å². The van der Waals surface area contributed by atoms with Gasteiger partial charge in [0.05, 0.1) is 0 Å². The first kappa shape index (κ1) is 12.3. The van der Waals surface area contributed by atoms with Crippen molar-refractivity contribution in [1.29, 1.82) is 0 Å². The number of carbonyl (C=O) groups is 1. The molecular formula is C16H22O. The Hall–Kier alpha value is -1.11. The number of benzene rings is 1. The number of ketones is 1. The van der Waals surface area contributed by atoms with E-state index in [1.165, 1.54) is 12.0 Å². The normalized spacial score (nSPS) is 24.5. The SMILES string of the molecule is CC(C)[C@@H]1C[C@H](CCc2ccccc2)CC1=O. The first-order valence-electron chi connectivity index (χ1n) is 6.73. The lowest BCUT2D eigenvalue weighted by Gasteiger charge is -2.13. The number of hydrogen-bond acceptors (Lipinski definition) is 1. The zero-order chi connectivity index (χ0) is 12.3. The summed E-state index contributed by atoms with van der Waals surface area (Å²) in [6.07, 6.45) is 4.21. The van der Waals surface area contributed by atoms with Crippen molar-refractivity contribution in [2.24, 2.45) is 17.8 Å². The van der Waals surface area contributed by atoms with Gasteiger partial charge in [0.1, 0.15) is 5.78 Å². The van der Waals surface area contributed by atoms with Gasteiger partial charge >= 0.3 is 0 Å². The Bertz CT molecular complexity index is 366. The molecule has 17 heavy (non-hydrogen) atoms. The fourth-order valence-corrected chi connectivity index (χ4v) is 2.89. The van der Waals surface area contributed by atoms with Crippen LogP contribution in [0.2, 0.25) is 0 Å². The van der Waals surface area contributed by atoms with Gasteiger partial charge in [-0.15, -0.1) is 0 Å². The zero-order valence-electron chi connectivity index (χ0n) is 10.9. The largest absolute Gasteiger partial charge is 0.299 e. The summed E-state index contributed by atoms with van der Waals surface area (Å²) in [5.41, 5.74) is 1.40. The summed E-state index contributed by atoms with van der Waals surface area (Å²) in [5.74, 6) is 1.97. The smallest absolute Gasteiger partial charge is 0.136 e. The second-order valence-corrected chi connectivity index (χ2v) is 5.65. The van der Waals surface area contributed by atoms with Crippen LogP contribution in [0.15, 0.2) is 30.3 Å². The van der Waals surface area contributed by atoms with Gasteiger partial charge in [0.2, 0.25) is 0 Å². The Morgan fingerprint density at radius 1 is 1.24 bits per heavy atom. The summed E-state index contributed by atoms with van der Waals surface area (Å²) in [6, 6.07) is 10.6. The van der Waals surface area contributed by atoms with Crippen molar-refractivity contribution >= 4 is 5.78 Å². The molecule has 1 fully saturated rings. The first-order valence-corrected chi connectivity index (χ1v) is 6.73. The van der Waals surface area contributed by atoms with Gasteiger partial charge in [-0.2, -0.15) is 0 Å². The summed E-state index contributed by atoms with van der Waals surface area (Å²) >= 11 is 0. The average Bonchev–Trinajstić information content (AvgIpc) is 2.69. The lowest BCUT2D eigenvalue weighted by Crippen LogP contribution is -2.12. The Balaban J connectivity index is 1.84. The lowest BCUT2D eigenvalue weighted by atomic mass is 9.91. The molecule has 92 valence electrons. The van der Waals surface area contributed by atoms with E-state index in [0.29, 0.717) is 23.5 Å². The van der Waals surface area contributed by atoms with Gasteiger partial charge < -0.3 is 0 Å². The summed E-state index contributed by atoms with van der Waals surface area (Å²) in [7, 11) is 0. The molecule has 2 rings (SSSR count). The predicted molar refractivity (Wildman–Crippen MR) is 70.8 cm³/mol. The van der Waals surface area contributed by atoms with E-state index in [1.54, 1.807) is 0 Å². The molecule has 0 N–H and O–H groups in total. The summed E-state index contributed by atoms with van der Waals surface area (Å²) in [6.45, 7) is 4.34. The second-order valence-electron chi connectivity index (χ2n) is 5.65. The molecule has 0 bridgehead atoms. The highest BCUT2D eigenvalue weighted by molar-refractivity contribution is 5.83. The molecule has 0 aliphatic heterocycles. The van der Waals surface area contributed by atoms with Crippen LogP contribution in [0.3, 0.4) is 0 Å². The monoisotopic (exact) mass is 230 g/mol. The molecule has 0 unspecified atom stereocenters. The van der Waals surface area contributed by atoms with Crippen molar-refractivity contribution in [3.8, 4) is 0 Å². The van der Waals surface area contributed by atoms with E-state index >= 15 is 0 Å². The Morgan fingerprint density at radius 3 is 2.53 bits per heavy atom. The van der Waals surface area contributed by atoms with E-state index in [2.05, 4.69) is 44.2 Å². The first-order chi connectivity index (χ1) is 8.16. The number of rotatable bonds is 4. The molecule has 1 aliphatic carbocycles. The molecule has 1 nitrogen and oxygen atoms in total. The van der Waals surface area contributed by atoms with E-state index in [9.17, 15) is 4.79 Å². The fraction of sp³-hybridized carbons (Fsp3) is 0.562. The molecule has 0 aromatic heterocycles. The number of hydrogen-bond donors (Lipinski definition) is 0. The molecule has 1 heteroatoms. The van der Waals surface area contributed by atoms with Crippen molar-refractivity contribution in [2.75, 3.05) is 0 Å². The molecule has 1 aromatic rings. The zero-order valence-corrected chi connectivity index (χ0v) is 10.9. The number of carbonyl (C=O) groups excluding carboxylic acids is 1. The molecule has 1 aliphatic rings. The maximum atomic E-state index is 11.8. The van der Waals surface area contributed by atoms with Gasteiger partial charge in [-0.1, -0.05) is 44.2 Å². The second kappa shape index (κ2) is 5.48. The standard InChI is InChI=1S/C16H22O/c1-12(2)15-10-14(11-16(15)17)9-8-13-6-4-3-5-7-13/h3-7,12,14-15H,8-11H2,1-2H3/t14-,15-/m0/s1. The van der Waals surface area contributed by atoms with Crippen LogP contribution in [-0.2, 0) is 11.2 Å². The molecule has 0 saturated heterocycles. The van der Waals surface area contributed by atoms with Crippen LogP contribution >= 0.6 is 0 Å². The van der Waals surface area contributed by atoms with Gasteiger partial charge in [0.25, 0.3) is 0 Å². The van der Waals surface area contributed by atoms with Crippen LogP contribution in [0.5, 0.6) is 0 Å². The number of Topliss-reactive ketones (excluding diaryl/α,β-unsaturated/α-hetero) is 1. The summed E-state index contributed by atoms with van der Waals surface area (Å²) in [5, 5.41) is 0. The Morgan fingerprint density at radius 2 is 1.94 bits per heavy atom. The molecule has 0 heterocycles. The number of aryl methyl sites for hydroxylation is 1. The van der Waals surface area contributed by atoms with Gasteiger partial charge in [0, 0.05) is 12.3 Å². The minimum Gasteiger partial charge on any atom is -0.299 e. The van der Waals surface area contributed by atoms with Crippen LogP contribution in [0.25, 0.3) is 0 Å². The van der Waals surface area contributed by atoms with E-state index in [1.807, 2.05) is 0 Å². The highest BCUT2D eigenvalue weighted by Crippen LogP contribution is 2.35. The molecule has 1 aromatic carbocycles. The summed E-state index contributed by atoms with van der Waals surface area (Å²) in [4.78, 5) is 11.8. The topological polar surface area (TPSA) is 17.1 Å². The Kier molecular flexibility index (Phi) is 3.98. The van der Waals surface area contributed by atoms with Gasteiger partial charge in [-0.05, 0) is 36.7 Å². The van der Waals surface area contributed by atoms with Crippen LogP contribution in [0.1, 0.15) is 38.7 Å². The minimum absolute atomic E-state index is 0.329.